The van der Waals surface area contributed by atoms with Gasteiger partial charge in [0.2, 0.25) is 0 Å². The SMILES string of the molecule is [CH2][CH]COP(OCCC#N)N(C(C)C)C(C)C. The van der Waals surface area contributed by atoms with Crippen molar-refractivity contribution in [3.05, 3.63) is 13.3 Å². The molecule has 0 aromatic rings. The molecule has 2 radical (unpaired) electrons. The number of nitrogens with zero attached hydrogens (tertiary/aromatic N) is 2. The largest absolute Gasteiger partial charge is 0.322 e. The van der Waals surface area contributed by atoms with E-state index in [1.54, 1.807) is 6.42 Å². The Hall–Kier alpha value is -0.200. The molecule has 0 N–H and O–H groups in total. The summed E-state index contributed by atoms with van der Waals surface area (Å²) in [6.07, 6.45) is 2.10. The fraction of sp³-hybridized carbons (Fsp3) is 0.750. The molecule has 0 amide bonds. The van der Waals surface area contributed by atoms with Crippen LogP contribution in [0.2, 0.25) is 0 Å². The van der Waals surface area contributed by atoms with E-state index in [1.165, 1.54) is 0 Å². The van der Waals surface area contributed by atoms with E-state index in [0.717, 1.165) is 0 Å². The van der Waals surface area contributed by atoms with Gasteiger partial charge in [-0.15, -0.1) is 0 Å². The Balaban J connectivity index is 4.44. The molecular weight excluding hydrogens is 235 g/mol. The van der Waals surface area contributed by atoms with Crippen LogP contribution in [0.15, 0.2) is 0 Å². The first-order chi connectivity index (χ1) is 8.04. The Bertz CT molecular complexity index is 221. The van der Waals surface area contributed by atoms with Crippen LogP contribution in [0.25, 0.3) is 0 Å². The van der Waals surface area contributed by atoms with E-state index in [4.69, 9.17) is 14.3 Å². The lowest BCUT2D eigenvalue weighted by Gasteiger charge is -2.35. The molecule has 0 fully saturated rings. The Morgan fingerprint density at radius 3 is 2.29 bits per heavy atom. The fourth-order valence-corrected chi connectivity index (χ4v) is 3.01. The van der Waals surface area contributed by atoms with Crippen LogP contribution in [-0.2, 0) is 9.05 Å². The van der Waals surface area contributed by atoms with Crippen molar-refractivity contribution in [2.45, 2.75) is 46.2 Å². The van der Waals surface area contributed by atoms with Gasteiger partial charge >= 0.3 is 0 Å². The van der Waals surface area contributed by atoms with E-state index < -0.39 is 8.53 Å². The average Bonchev–Trinajstić information content (AvgIpc) is 2.24. The highest BCUT2D eigenvalue weighted by Gasteiger charge is 2.26. The van der Waals surface area contributed by atoms with Gasteiger partial charge in [0, 0.05) is 12.1 Å². The molecule has 0 saturated carbocycles. The van der Waals surface area contributed by atoms with Crippen molar-refractivity contribution < 1.29 is 9.05 Å². The molecule has 0 heterocycles. The Morgan fingerprint density at radius 1 is 1.29 bits per heavy atom. The predicted octanol–water partition coefficient (Wildman–Crippen LogP) is 3.32. The predicted molar refractivity (Wildman–Crippen MR) is 70.8 cm³/mol. The smallest absolute Gasteiger partial charge is 0.259 e. The minimum absolute atomic E-state index is 0.341. The van der Waals surface area contributed by atoms with Crippen molar-refractivity contribution in [1.82, 2.24) is 4.67 Å². The molecule has 4 nitrogen and oxygen atoms in total. The van der Waals surface area contributed by atoms with E-state index in [0.29, 0.717) is 31.7 Å². The minimum atomic E-state index is -1.11. The second kappa shape index (κ2) is 9.79. The summed E-state index contributed by atoms with van der Waals surface area (Å²) in [4.78, 5) is 0. The Morgan fingerprint density at radius 2 is 1.88 bits per heavy atom. The van der Waals surface area contributed by atoms with E-state index in [1.807, 2.05) is 0 Å². The van der Waals surface area contributed by atoms with Crippen LogP contribution in [0.1, 0.15) is 34.1 Å². The van der Waals surface area contributed by atoms with Gasteiger partial charge in [0.25, 0.3) is 8.53 Å². The molecule has 17 heavy (non-hydrogen) atoms. The van der Waals surface area contributed by atoms with Gasteiger partial charge in [0.05, 0.1) is 25.7 Å². The van der Waals surface area contributed by atoms with Gasteiger partial charge in [-0.2, -0.15) is 5.26 Å². The van der Waals surface area contributed by atoms with Crippen LogP contribution >= 0.6 is 8.53 Å². The summed E-state index contributed by atoms with van der Waals surface area (Å²) >= 11 is 0. The molecule has 5 heteroatoms. The summed E-state index contributed by atoms with van der Waals surface area (Å²) in [5, 5.41) is 8.52. The zero-order valence-electron chi connectivity index (χ0n) is 11.2. The molecule has 0 spiro atoms. The molecule has 1 atom stereocenters. The third kappa shape index (κ3) is 6.95. The number of nitriles is 1. The van der Waals surface area contributed by atoms with E-state index >= 15 is 0 Å². The second-order valence-corrected chi connectivity index (χ2v) is 5.59. The first-order valence-electron chi connectivity index (χ1n) is 5.86. The summed E-state index contributed by atoms with van der Waals surface area (Å²) in [5.41, 5.74) is 0. The van der Waals surface area contributed by atoms with Crippen molar-refractivity contribution in [2.75, 3.05) is 13.2 Å². The lowest BCUT2D eigenvalue weighted by molar-refractivity contribution is 0.185. The van der Waals surface area contributed by atoms with E-state index in [9.17, 15) is 0 Å². The maximum atomic E-state index is 8.52. The standard InChI is InChI=1S/C12H23N2O2P/c1-6-9-15-17(16-10-7-8-13)14(11(2)3)12(4)5/h6,11-12H,1,7,9-10H2,2-5H3. The van der Waals surface area contributed by atoms with Crippen molar-refractivity contribution in [2.24, 2.45) is 0 Å². The van der Waals surface area contributed by atoms with Gasteiger partial charge < -0.3 is 9.05 Å². The number of hydrogen-bond donors (Lipinski definition) is 0. The molecular formula is C12H23N2O2P. The van der Waals surface area contributed by atoms with Crippen LogP contribution in [0.3, 0.4) is 0 Å². The highest BCUT2D eigenvalue weighted by atomic mass is 31.2. The molecule has 0 aromatic carbocycles. The van der Waals surface area contributed by atoms with Gasteiger partial charge in [0.15, 0.2) is 0 Å². The highest BCUT2D eigenvalue weighted by molar-refractivity contribution is 7.44. The molecule has 0 aliphatic rings. The summed E-state index contributed by atoms with van der Waals surface area (Å²) < 4.78 is 13.5. The highest BCUT2D eigenvalue weighted by Crippen LogP contribution is 2.45. The summed E-state index contributed by atoms with van der Waals surface area (Å²) in [6.45, 7) is 13.0. The molecule has 0 saturated heterocycles. The monoisotopic (exact) mass is 258 g/mol. The number of hydrogen-bond acceptors (Lipinski definition) is 4. The lowest BCUT2D eigenvalue weighted by Crippen LogP contribution is -2.33. The van der Waals surface area contributed by atoms with Gasteiger partial charge in [-0.05, 0) is 41.0 Å². The molecule has 98 valence electrons. The minimum Gasteiger partial charge on any atom is -0.322 e. The second-order valence-electron chi connectivity index (χ2n) is 4.13. The van der Waals surface area contributed by atoms with Crippen LogP contribution in [0.4, 0.5) is 0 Å². The molecule has 0 rings (SSSR count). The van der Waals surface area contributed by atoms with Gasteiger partial charge in [-0.1, -0.05) is 0 Å². The lowest BCUT2D eigenvalue weighted by atomic mass is 10.3. The van der Waals surface area contributed by atoms with Crippen LogP contribution in [-0.4, -0.2) is 30.0 Å². The van der Waals surface area contributed by atoms with Gasteiger partial charge in [0.1, 0.15) is 0 Å². The molecule has 1 unspecified atom stereocenters. The van der Waals surface area contributed by atoms with Crippen molar-refractivity contribution in [3.8, 4) is 6.07 Å². The molecule has 0 aliphatic carbocycles. The summed E-state index contributed by atoms with van der Waals surface area (Å²) in [6, 6.07) is 2.75. The summed E-state index contributed by atoms with van der Waals surface area (Å²) in [5.74, 6) is 0. The van der Waals surface area contributed by atoms with Crippen LogP contribution in [0, 0.1) is 24.7 Å². The van der Waals surface area contributed by atoms with Gasteiger partial charge in [-0.25, -0.2) is 4.67 Å². The number of rotatable bonds is 9. The van der Waals surface area contributed by atoms with Crippen molar-refractivity contribution in [1.29, 1.82) is 5.26 Å². The van der Waals surface area contributed by atoms with E-state index in [-0.39, 0.29) is 0 Å². The molecule has 0 aliphatic heterocycles. The van der Waals surface area contributed by atoms with Crippen molar-refractivity contribution in [3.63, 3.8) is 0 Å². The maximum Gasteiger partial charge on any atom is 0.259 e. The third-order valence-corrected chi connectivity index (χ3v) is 4.04. The topological polar surface area (TPSA) is 45.5 Å². The zero-order chi connectivity index (χ0) is 13.3. The van der Waals surface area contributed by atoms with Crippen molar-refractivity contribution >= 4 is 8.53 Å². The Labute approximate surface area is 107 Å². The zero-order valence-corrected chi connectivity index (χ0v) is 12.1. The quantitative estimate of drug-likeness (QED) is 0.470. The van der Waals surface area contributed by atoms with Gasteiger partial charge in [-0.3, -0.25) is 0 Å². The summed E-state index contributed by atoms with van der Waals surface area (Å²) in [7, 11) is -1.11. The molecule has 0 bridgehead atoms. The first-order valence-corrected chi connectivity index (χ1v) is 6.99. The normalized spacial score (nSPS) is 13.4. The Kier molecular flexibility index (Phi) is 9.68. The maximum absolute atomic E-state index is 8.52. The third-order valence-electron chi connectivity index (χ3n) is 1.97. The average molecular weight is 258 g/mol. The first kappa shape index (κ1) is 16.8. The fourth-order valence-electron chi connectivity index (χ4n) is 1.43. The molecule has 0 aromatic heterocycles. The van der Waals surface area contributed by atoms with Crippen LogP contribution in [0.5, 0.6) is 0 Å². The van der Waals surface area contributed by atoms with E-state index in [2.05, 4.69) is 45.4 Å². The van der Waals surface area contributed by atoms with Crippen LogP contribution < -0.4 is 0 Å².